The molecule has 0 atom stereocenters. The van der Waals surface area contributed by atoms with Crippen molar-refractivity contribution in [3.63, 3.8) is 0 Å². The van der Waals surface area contributed by atoms with Crippen LogP contribution in [0.5, 0.6) is 5.88 Å². The minimum absolute atomic E-state index is 0.0727. The maximum atomic E-state index is 12.9. The van der Waals surface area contributed by atoms with Gasteiger partial charge in [0.2, 0.25) is 5.88 Å². The van der Waals surface area contributed by atoms with E-state index < -0.39 is 11.8 Å². The summed E-state index contributed by atoms with van der Waals surface area (Å²) in [7, 11) is 0. The third-order valence-electron chi connectivity index (χ3n) is 4.88. The number of allylic oxidation sites excluding steroid dienone is 2. The summed E-state index contributed by atoms with van der Waals surface area (Å²) < 4.78 is 1.45. The molecule has 4 rings (SSSR count). The van der Waals surface area contributed by atoms with Crippen molar-refractivity contribution in [1.82, 2.24) is 10.3 Å². The highest BCUT2D eigenvalue weighted by atomic mass is 79.9. The summed E-state index contributed by atoms with van der Waals surface area (Å²) in [4.78, 5) is 28.4. The van der Waals surface area contributed by atoms with E-state index in [9.17, 15) is 14.7 Å². The largest absolute Gasteiger partial charge is 0.493 e. The fraction of sp³-hybridized carbons (Fsp3) is 0. The highest BCUT2D eigenvalue weighted by molar-refractivity contribution is 9.11. The number of carbonyl (C=O) groups excluding carboxylic acids is 2. The average molecular weight is 594 g/mol. The van der Waals surface area contributed by atoms with Crippen LogP contribution in [0.3, 0.4) is 0 Å². The minimum Gasteiger partial charge on any atom is -0.493 e. The van der Waals surface area contributed by atoms with Gasteiger partial charge in [0.05, 0.1) is 5.52 Å². The van der Waals surface area contributed by atoms with Crippen molar-refractivity contribution >= 4 is 66.3 Å². The number of aromatic amines is 1. The van der Waals surface area contributed by atoms with E-state index in [4.69, 9.17) is 0 Å². The Morgan fingerprint density at radius 2 is 1.66 bits per heavy atom. The van der Waals surface area contributed by atoms with Crippen LogP contribution in [-0.4, -0.2) is 21.9 Å². The zero-order valence-electron chi connectivity index (χ0n) is 18.1. The van der Waals surface area contributed by atoms with E-state index in [2.05, 4.69) is 52.4 Å². The molecule has 0 spiro atoms. The molecule has 3 aromatic carbocycles. The van der Waals surface area contributed by atoms with E-state index in [0.29, 0.717) is 20.9 Å². The van der Waals surface area contributed by atoms with Crippen molar-refractivity contribution in [3.8, 4) is 5.88 Å². The lowest BCUT2D eigenvalue weighted by atomic mass is 10.2. The fourth-order valence-electron chi connectivity index (χ4n) is 3.21. The van der Waals surface area contributed by atoms with Crippen LogP contribution in [0.15, 0.2) is 110 Å². The fourth-order valence-corrected chi connectivity index (χ4v) is 4.54. The highest BCUT2D eigenvalue weighted by Crippen LogP contribution is 2.40. The first-order chi connectivity index (χ1) is 16.9. The number of fused-ring (bicyclic) bond motifs is 1. The molecular formula is C26H18Br2N4O3. The lowest BCUT2D eigenvalue weighted by Gasteiger charge is -2.06. The molecule has 3 N–H and O–H groups in total. The van der Waals surface area contributed by atoms with Gasteiger partial charge < -0.3 is 15.4 Å². The molecular weight excluding hydrogens is 576 g/mol. The predicted molar refractivity (Wildman–Crippen MR) is 142 cm³/mol. The van der Waals surface area contributed by atoms with Gasteiger partial charge in [0.1, 0.15) is 5.70 Å². The number of carbonyl (C=O) groups is 2. The topological polar surface area (TPSA) is 107 Å². The minimum atomic E-state index is -0.783. The van der Waals surface area contributed by atoms with Crippen molar-refractivity contribution in [3.05, 3.63) is 111 Å². The van der Waals surface area contributed by atoms with Crippen LogP contribution in [-0.2, 0) is 4.79 Å². The molecule has 2 amide bonds. The van der Waals surface area contributed by atoms with Crippen LogP contribution in [0.2, 0.25) is 0 Å². The zero-order valence-corrected chi connectivity index (χ0v) is 21.2. The molecule has 0 bridgehead atoms. The van der Waals surface area contributed by atoms with Crippen LogP contribution in [0.4, 0.5) is 5.69 Å². The van der Waals surface area contributed by atoms with E-state index in [1.54, 1.807) is 48.6 Å². The van der Waals surface area contributed by atoms with Gasteiger partial charge in [0.15, 0.2) is 5.69 Å². The Morgan fingerprint density at radius 1 is 0.971 bits per heavy atom. The Morgan fingerprint density at radius 3 is 2.37 bits per heavy atom. The van der Waals surface area contributed by atoms with E-state index >= 15 is 0 Å². The molecule has 0 aliphatic carbocycles. The molecule has 4 aromatic rings. The molecule has 174 valence electrons. The van der Waals surface area contributed by atoms with Gasteiger partial charge in [-0.15, -0.1) is 10.2 Å². The van der Waals surface area contributed by atoms with Gasteiger partial charge in [-0.1, -0.05) is 76.6 Å². The molecule has 9 heteroatoms. The SMILES string of the molecule is O=C(N=Nc1c(O)[nH]c2c(Br)cc(Br)cc12)/C(=C/C=C/c1ccccc1)NC(=O)c1ccccc1. The number of nitrogens with one attached hydrogen (secondary N) is 2. The quantitative estimate of drug-likeness (QED) is 0.127. The number of benzene rings is 3. The Labute approximate surface area is 217 Å². The molecule has 1 aromatic heterocycles. The first kappa shape index (κ1) is 24.3. The molecule has 0 fully saturated rings. The van der Waals surface area contributed by atoms with E-state index in [1.165, 1.54) is 6.08 Å². The maximum absolute atomic E-state index is 12.9. The van der Waals surface area contributed by atoms with Crippen molar-refractivity contribution in [2.45, 2.75) is 0 Å². The number of aromatic nitrogens is 1. The van der Waals surface area contributed by atoms with Crippen molar-refractivity contribution in [1.29, 1.82) is 0 Å². The highest BCUT2D eigenvalue weighted by Gasteiger charge is 2.17. The van der Waals surface area contributed by atoms with Crippen LogP contribution in [0, 0.1) is 0 Å². The standard InChI is InChI=1S/C26H18Br2N4O3/c27-18-14-19-22(20(28)15-18)30-26(35)23(19)31-32-25(34)21(13-7-10-16-8-3-1-4-9-16)29-24(33)17-11-5-2-6-12-17/h1-15,30,35H,(H,29,33)/b10-7+,21-13-,32-31?. The van der Waals surface area contributed by atoms with Gasteiger partial charge in [0, 0.05) is 19.9 Å². The molecule has 0 saturated carbocycles. The predicted octanol–water partition coefficient (Wildman–Crippen LogP) is 7.04. The second-order valence-corrected chi connectivity index (χ2v) is 9.08. The van der Waals surface area contributed by atoms with Crippen molar-refractivity contribution in [2.24, 2.45) is 10.2 Å². The van der Waals surface area contributed by atoms with Gasteiger partial charge >= 0.3 is 5.91 Å². The summed E-state index contributed by atoms with van der Waals surface area (Å²) in [5.41, 5.74) is 1.94. The number of H-pyrrole nitrogens is 1. The molecule has 0 saturated heterocycles. The first-order valence-electron chi connectivity index (χ1n) is 10.4. The van der Waals surface area contributed by atoms with Gasteiger partial charge in [-0.25, -0.2) is 0 Å². The number of rotatable bonds is 6. The number of amides is 2. The summed E-state index contributed by atoms with van der Waals surface area (Å²) >= 11 is 6.82. The van der Waals surface area contributed by atoms with E-state index in [1.807, 2.05) is 36.4 Å². The molecule has 0 aliphatic heterocycles. The second-order valence-electron chi connectivity index (χ2n) is 7.31. The number of halogens is 2. The summed E-state index contributed by atoms with van der Waals surface area (Å²) in [5.74, 6) is -1.48. The van der Waals surface area contributed by atoms with Crippen molar-refractivity contribution in [2.75, 3.05) is 0 Å². The zero-order chi connectivity index (χ0) is 24.8. The smallest absolute Gasteiger partial charge is 0.311 e. The number of nitrogens with zero attached hydrogens (tertiary/aromatic N) is 2. The molecule has 1 heterocycles. The molecule has 0 unspecified atom stereocenters. The van der Waals surface area contributed by atoms with Crippen LogP contribution >= 0.6 is 31.9 Å². The first-order valence-corrected chi connectivity index (χ1v) is 12.0. The van der Waals surface area contributed by atoms with E-state index in [0.717, 1.165) is 10.0 Å². The molecule has 7 nitrogen and oxygen atoms in total. The van der Waals surface area contributed by atoms with Crippen LogP contribution in [0.25, 0.3) is 17.0 Å². The number of hydrogen-bond donors (Lipinski definition) is 3. The summed E-state index contributed by atoms with van der Waals surface area (Å²) in [5, 5.41) is 21.2. The Balaban J connectivity index is 1.64. The monoisotopic (exact) mass is 592 g/mol. The maximum Gasteiger partial charge on any atom is 0.311 e. The van der Waals surface area contributed by atoms with Crippen LogP contribution < -0.4 is 5.32 Å². The van der Waals surface area contributed by atoms with Gasteiger partial charge in [-0.2, -0.15) is 0 Å². The average Bonchev–Trinajstić information content (AvgIpc) is 3.18. The van der Waals surface area contributed by atoms with E-state index in [-0.39, 0.29) is 17.3 Å². The number of hydrogen-bond acceptors (Lipinski definition) is 4. The normalized spacial score (nSPS) is 12.0. The summed E-state index contributed by atoms with van der Waals surface area (Å²) in [6.45, 7) is 0. The summed E-state index contributed by atoms with van der Waals surface area (Å²) in [6, 6.07) is 21.6. The molecule has 0 aliphatic rings. The Hall–Kier alpha value is -3.82. The lowest BCUT2D eigenvalue weighted by molar-refractivity contribution is -0.115. The van der Waals surface area contributed by atoms with Crippen molar-refractivity contribution < 1.29 is 14.7 Å². The van der Waals surface area contributed by atoms with Gasteiger partial charge in [0.25, 0.3) is 5.91 Å². The second kappa shape index (κ2) is 11.1. The third-order valence-corrected chi connectivity index (χ3v) is 5.97. The Kier molecular flexibility index (Phi) is 7.69. The molecule has 35 heavy (non-hydrogen) atoms. The lowest BCUT2D eigenvalue weighted by Crippen LogP contribution is -2.26. The number of aromatic hydroxyl groups is 1. The van der Waals surface area contributed by atoms with Gasteiger partial charge in [-0.3, -0.25) is 9.59 Å². The summed E-state index contributed by atoms with van der Waals surface area (Å²) in [6.07, 6.45) is 4.89. The third kappa shape index (κ3) is 6.00. The number of azo groups is 1. The Bertz CT molecular complexity index is 1480. The van der Waals surface area contributed by atoms with Gasteiger partial charge in [-0.05, 0) is 51.8 Å². The molecule has 0 radical (unpaired) electrons. The van der Waals surface area contributed by atoms with Crippen LogP contribution in [0.1, 0.15) is 15.9 Å².